The quantitative estimate of drug-likeness (QED) is 0.569. The van der Waals surface area contributed by atoms with Gasteiger partial charge in [-0.05, 0) is 52.2 Å². The van der Waals surface area contributed by atoms with E-state index in [2.05, 4.69) is 5.32 Å². The number of thiophene rings is 1. The fourth-order valence-corrected chi connectivity index (χ4v) is 5.48. The predicted molar refractivity (Wildman–Crippen MR) is 117 cm³/mol. The molecule has 1 aliphatic heterocycles. The lowest BCUT2D eigenvalue weighted by molar-refractivity contribution is -0.132. The molecule has 0 aliphatic carbocycles. The Labute approximate surface area is 182 Å². The van der Waals surface area contributed by atoms with Crippen molar-refractivity contribution in [3.8, 4) is 5.75 Å². The fourth-order valence-electron chi connectivity index (χ4n) is 3.50. The number of ketones is 1. The highest BCUT2D eigenvalue weighted by molar-refractivity contribution is 8.01. The highest BCUT2D eigenvalue weighted by Crippen LogP contribution is 2.41. The van der Waals surface area contributed by atoms with Gasteiger partial charge in [0.15, 0.2) is 5.78 Å². The SMILES string of the molecule is COc1ccc(C2(c3ccsc3)CC(=O)C(Sc3ccccc3Cl)C(=O)N2)cc1. The lowest BCUT2D eigenvalue weighted by Crippen LogP contribution is -2.57. The normalized spacial score (nSPS) is 21.7. The van der Waals surface area contributed by atoms with E-state index in [0.29, 0.717) is 5.02 Å². The fraction of sp³-hybridized carbons (Fsp3) is 0.182. The van der Waals surface area contributed by atoms with Crippen LogP contribution in [0.2, 0.25) is 5.02 Å². The number of thioether (sulfide) groups is 1. The largest absolute Gasteiger partial charge is 0.497 e. The van der Waals surface area contributed by atoms with E-state index in [0.717, 1.165) is 21.8 Å². The average Bonchev–Trinajstić information content (AvgIpc) is 3.27. The molecule has 7 heteroatoms. The highest BCUT2D eigenvalue weighted by atomic mass is 35.5. The van der Waals surface area contributed by atoms with Crippen LogP contribution in [0.25, 0.3) is 0 Å². The maximum absolute atomic E-state index is 13.2. The second-order valence-corrected chi connectivity index (χ2v) is 9.04. The molecule has 4 rings (SSSR count). The minimum atomic E-state index is -0.891. The van der Waals surface area contributed by atoms with Crippen molar-refractivity contribution in [2.45, 2.75) is 22.1 Å². The number of amides is 1. The van der Waals surface area contributed by atoms with Gasteiger partial charge < -0.3 is 10.1 Å². The molecule has 4 nitrogen and oxygen atoms in total. The number of carbonyl (C=O) groups is 2. The van der Waals surface area contributed by atoms with Crippen molar-refractivity contribution in [2.75, 3.05) is 7.11 Å². The van der Waals surface area contributed by atoms with E-state index < -0.39 is 10.8 Å². The van der Waals surface area contributed by atoms with E-state index in [1.807, 2.05) is 59.3 Å². The molecular formula is C22H18ClNO3S2. The van der Waals surface area contributed by atoms with E-state index in [4.69, 9.17) is 16.3 Å². The summed E-state index contributed by atoms with van der Waals surface area (Å²) in [5, 5.41) is 6.76. The van der Waals surface area contributed by atoms with Crippen molar-refractivity contribution in [2.24, 2.45) is 0 Å². The zero-order valence-electron chi connectivity index (χ0n) is 15.6. The molecule has 1 aliphatic rings. The third kappa shape index (κ3) is 3.80. The first-order valence-corrected chi connectivity index (χ1v) is 11.2. The van der Waals surface area contributed by atoms with E-state index in [-0.39, 0.29) is 18.1 Å². The molecule has 148 valence electrons. The van der Waals surface area contributed by atoms with E-state index >= 15 is 0 Å². The number of hydrogen-bond donors (Lipinski definition) is 1. The monoisotopic (exact) mass is 443 g/mol. The number of piperidine rings is 1. The van der Waals surface area contributed by atoms with Crippen molar-refractivity contribution in [3.05, 3.63) is 81.5 Å². The van der Waals surface area contributed by atoms with Crippen LogP contribution in [0.3, 0.4) is 0 Å². The van der Waals surface area contributed by atoms with Crippen LogP contribution < -0.4 is 10.1 Å². The van der Waals surface area contributed by atoms with Gasteiger partial charge in [-0.1, -0.05) is 35.9 Å². The van der Waals surface area contributed by atoms with Crippen LogP contribution in [0, 0.1) is 0 Å². The van der Waals surface area contributed by atoms with Crippen molar-refractivity contribution in [3.63, 3.8) is 0 Å². The van der Waals surface area contributed by atoms with Crippen LogP contribution in [0.4, 0.5) is 0 Å². The number of carbonyl (C=O) groups excluding carboxylic acids is 2. The number of benzene rings is 2. The minimum Gasteiger partial charge on any atom is -0.497 e. The van der Waals surface area contributed by atoms with Crippen LogP contribution in [0.1, 0.15) is 17.5 Å². The van der Waals surface area contributed by atoms with Crippen LogP contribution in [0.5, 0.6) is 5.75 Å². The van der Waals surface area contributed by atoms with Gasteiger partial charge in [-0.15, -0.1) is 11.8 Å². The number of rotatable bonds is 5. The van der Waals surface area contributed by atoms with Crippen LogP contribution >= 0.6 is 34.7 Å². The Balaban J connectivity index is 1.69. The molecular weight excluding hydrogens is 426 g/mol. The first-order valence-electron chi connectivity index (χ1n) is 8.96. The molecule has 0 saturated carbocycles. The summed E-state index contributed by atoms with van der Waals surface area (Å²) in [6, 6.07) is 16.6. The molecule has 1 fully saturated rings. The van der Waals surface area contributed by atoms with Crippen molar-refractivity contribution in [1.82, 2.24) is 5.32 Å². The number of hydrogen-bond acceptors (Lipinski definition) is 5. The van der Waals surface area contributed by atoms with E-state index in [1.54, 1.807) is 13.2 Å². The zero-order chi connectivity index (χ0) is 20.4. The average molecular weight is 444 g/mol. The lowest BCUT2D eigenvalue weighted by atomic mass is 9.77. The number of nitrogens with one attached hydrogen (secondary N) is 1. The van der Waals surface area contributed by atoms with Gasteiger partial charge in [0.25, 0.3) is 0 Å². The molecule has 2 unspecified atom stereocenters. The number of ether oxygens (including phenoxy) is 1. The summed E-state index contributed by atoms with van der Waals surface area (Å²) >= 11 is 8.95. The van der Waals surface area contributed by atoms with Gasteiger partial charge in [-0.25, -0.2) is 0 Å². The molecule has 1 amide bonds. The molecule has 2 heterocycles. The molecule has 2 atom stereocenters. The molecule has 29 heavy (non-hydrogen) atoms. The highest BCUT2D eigenvalue weighted by Gasteiger charge is 2.47. The van der Waals surface area contributed by atoms with Gasteiger partial charge in [0.2, 0.25) is 5.91 Å². The lowest BCUT2D eigenvalue weighted by Gasteiger charge is -2.40. The Morgan fingerprint density at radius 3 is 2.48 bits per heavy atom. The molecule has 2 aromatic carbocycles. The molecule has 0 radical (unpaired) electrons. The summed E-state index contributed by atoms with van der Waals surface area (Å²) in [7, 11) is 1.60. The molecule has 1 N–H and O–H groups in total. The summed E-state index contributed by atoms with van der Waals surface area (Å²) < 4.78 is 5.25. The Hall–Kier alpha value is -2.28. The maximum Gasteiger partial charge on any atom is 0.242 e. The second kappa shape index (κ2) is 8.22. The number of Topliss-reactive ketones (excluding diaryl/α,β-unsaturated/α-hetero) is 1. The van der Waals surface area contributed by atoms with E-state index in [9.17, 15) is 9.59 Å². The standard InChI is InChI=1S/C22H18ClNO3S2/c1-27-16-8-6-14(7-9-16)22(15-10-11-28-13-15)12-18(25)20(21(26)24-22)29-19-5-3-2-4-17(19)23/h2-11,13,20H,12H2,1H3,(H,24,26). The minimum absolute atomic E-state index is 0.124. The van der Waals surface area contributed by atoms with E-state index in [1.165, 1.54) is 23.1 Å². The first-order chi connectivity index (χ1) is 14.0. The smallest absolute Gasteiger partial charge is 0.242 e. The van der Waals surface area contributed by atoms with Crippen molar-refractivity contribution < 1.29 is 14.3 Å². The Morgan fingerprint density at radius 2 is 1.86 bits per heavy atom. The van der Waals surface area contributed by atoms with Crippen molar-refractivity contribution in [1.29, 1.82) is 0 Å². The number of methoxy groups -OCH3 is 1. The molecule has 3 aromatic rings. The zero-order valence-corrected chi connectivity index (χ0v) is 17.9. The number of halogens is 1. The van der Waals surface area contributed by atoms with Gasteiger partial charge in [0.1, 0.15) is 11.0 Å². The van der Waals surface area contributed by atoms with Gasteiger partial charge in [0, 0.05) is 11.3 Å². The Morgan fingerprint density at radius 1 is 1.10 bits per heavy atom. The van der Waals surface area contributed by atoms with Gasteiger partial charge in [-0.2, -0.15) is 11.3 Å². The van der Waals surface area contributed by atoms with Crippen LogP contribution in [-0.4, -0.2) is 24.1 Å². The van der Waals surface area contributed by atoms with Crippen LogP contribution in [-0.2, 0) is 15.1 Å². The maximum atomic E-state index is 13.2. The molecule has 0 spiro atoms. The first kappa shape index (κ1) is 20.0. The summed E-state index contributed by atoms with van der Waals surface area (Å²) in [6.45, 7) is 0. The topological polar surface area (TPSA) is 55.4 Å². The summed E-state index contributed by atoms with van der Waals surface area (Å²) in [6.07, 6.45) is 0.171. The summed E-state index contributed by atoms with van der Waals surface area (Å²) in [4.78, 5) is 27.0. The Bertz CT molecular complexity index is 1020. The van der Waals surface area contributed by atoms with Gasteiger partial charge >= 0.3 is 0 Å². The van der Waals surface area contributed by atoms with Crippen molar-refractivity contribution >= 4 is 46.4 Å². The van der Waals surface area contributed by atoms with Crippen LogP contribution in [0.15, 0.2) is 70.3 Å². The summed E-state index contributed by atoms with van der Waals surface area (Å²) in [5.41, 5.74) is 0.855. The third-order valence-electron chi connectivity index (χ3n) is 4.98. The molecule has 1 aromatic heterocycles. The second-order valence-electron chi connectivity index (χ2n) is 6.71. The van der Waals surface area contributed by atoms with Gasteiger partial charge in [0.05, 0.1) is 17.7 Å². The molecule has 0 bridgehead atoms. The third-order valence-corrected chi connectivity index (χ3v) is 7.43. The predicted octanol–water partition coefficient (Wildman–Crippen LogP) is 4.90. The van der Waals surface area contributed by atoms with Gasteiger partial charge in [-0.3, -0.25) is 9.59 Å². The molecule has 1 saturated heterocycles. The summed E-state index contributed by atoms with van der Waals surface area (Å²) in [5.74, 6) is 0.281. The Kier molecular flexibility index (Phi) is 5.67.